The summed E-state index contributed by atoms with van der Waals surface area (Å²) < 4.78 is 38.4. The average molecular weight is 323 g/mol. The molecule has 1 fully saturated rings. The van der Waals surface area contributed by atoms with Crippen LogP contribution < -0.4 is 0 Å². The van der Waals surface area contributed by atoms with Crippen LogP contribution in [0.4, 0.5) is 4.79 Å². The zero-order valence-electron chi connectivity index (χ0n) is 13.0. The molecule has 9 heteroatoms. The Morgan fingerprint density at radius 2 is 1.52 bits per heavy atom. The molecule has 0 radical (unpaired) electrons. The molecular formula is C12H21NO7S. The molecule has 0 aromatic heterocycles. The zero-order chi connectivity index (χ0) is 16.6. The van der Waals surface area contributed by atoms with Crippen LogP contribution in [0.15, 0.2) is 0 Å². The number of rotatable bonds is 1. The van der Waals surface area contributed by atoms with Crippen LogP contribution in [0.5, 0.6) is 0 Å². The molecule has 0 aromatic carbocycles. The minimum Gasteiger partial charge on any atom is -0.458 e. The molecule has 0 aromatic rings. The van der Waals surface area contributed by atoms with Crippen molar-refractivity contribution in [1.82, 2.24) is 4.31 Å². The minimum atomic E-state index is -4.35. The lowest BCUT2D eigenvalue weighted by molar-refractivity contribution is -0.159. The van der Waals surface area contributed by atoms with Gasteiger partial charge in [-0.15, -0.1) is 0 Å². The molecule has 1 amide bonds. The Morgan fingerprint density at radius 3 is 1.95 bits per heavy atom. The van der Waals surface area contributed by atoms with Gasteiger partial charge in [0.05, 0.1) is 0 Å². The molecule has 8 nitrogen and oxygen atoms in total. The SMILES string of the molecule is CC(C)(C)OC(=O)[C@@H]1COS(=O)(=O)N1C(=O)OC(C)(C)C. The van der Waals surface area contributed by atoms with Gasteiger partial charge in [0.2, 0.25) is 0 Å². The zero-order valence-corrected chi connectivity index (χ0v) is 13.8. The molecular weight excluding hydrogens is 302 g/mol. The molecule has 0 aliphatic carbocycles. The van der Waals surface area contributed by atoms with Gasteiger partial charge in [-0.1, -0.05) is 0 Å². The van der Waals surface area contributed by atoms with Gasteiger partial charge in [0.1, 0.15) is 17.8 Å². The fraction of sp³-hybridized carbons (Fsp3) is 0.833. The second-order valence-corrected chi connectivity index (χ2v) is 8.05. The number of hydrogen-bond donors (Lipinski definition) is 0. The van der Waals surface area contributed by atoms with Gasteiger partial charge >= 0.3 is 22.4 Å². The minimum absolute atomic E-state index is 0.284. The van der Waals surface area contributed by atoms with Gasteiger partial charge in [-0.3, -0.25) is 4.18 Å². The maximum Gasteiger partial charge on any atom is 0.426 e. The van der Waals surface area contributed by atoms with E-state index < -0.39 is 46.2 Å². The Hall–Kier alpha value is -1.35. The second kappa shape index (κ2) is 5.45. The number of nitrogens with zero attached hydrogens (tertiary/aromatic N) is 1. The quantitative estimate of drug-likeness (QED) is 0.669. The van der Waals surface area contributed by atoms with E-state index in [9.17, 15) is 18.0 Å². The number of hydrogen-bond acceptors (Lipinski definition) is 7. The topological polar surface area (TPSA) is 99.2 Å². The molecule has 1 atom stereocenters. The summed E-state index contributed by atoms with van der Waals surface area (Å²) in [6, 6.07) is -1.39. The van der Waals surface area contributed by atoms with Crippen molar-refractivity contribution in [3.63, 3.8) is 0 Å². The maximum absolute atomic E-state index is 12.0. The standard InChI is InChI=1S/C12H21NO7S/c1-11(2,3)19-9(14)8-7-18-21(16,17)13(8)10(15)20-12(4,5)6/h8H,7H2,1-6H3/t8-/m0/s1. The summed E-state index contributed by atoms with van der Waals surface area (Å²) in [7, 11) is -4.35. The van der Waals surface area contributed by atoms with Crippen molar-refractivity contribution >= 4 is 22.4 Å². The number of carbonyl (C=O) groups is 2. The lowest BCUT2D eigenvalue weighted by Crippen LogP contribution is -2.48. The molecule has 0 unspecified atom stereocenters. The molecule has 0 N–H and O–H groups in total. The Bertz CT molecular complexity index is 527. The predicted octanol–water partition coefficient (Wildman–Crippen LogP) is 1.21. The Morgan fingerprint density at radius 1 is 1.05 bits per heavy atom. The lowest BCUT2D eigenvalue weighted by Gasteiger charge is -2.27. The van der Waals surface area contributed by atoms with Crippen LogP contribution >= 0.6 is 0 Å². The van der Waals surface area contributed by atoms with Crippen LogP contribution in [0.3, 0.4) is 0 Å². The first-order chi connectivity index (χ1) is 9.23. The third kappa shape index (κ3) is 4.85. The van der Waals surface area contributed by atoms with Gasteiger partial charge in [0.15, 0.2) is 6.04 Å². The van der Waals surface area contributed by atoms with E-state index >= 15 is 0 Å². The van der Waals surface area contributed by atoms with E-state index in [4.69, 9.17) is 9.47 Å². The fourth-order valence-electron chi connectivity index (χ4n) is 1.49. The van der Waals surface area contributed by atoms with Gasteiger partial charge < -0.3 is 9.47 Å². The van der Waals surface area contributed by atoms with Gasteiger partial charge in [-0.25, -0.2) is 9.59 Å². The van der Waals surface area contributed by atoms with Crippen LogP contribution in [-0.4, -0.2) is 48.6 Å². The van der Waals surface area contributed by atoms with E-state index in [0.29, 0.717) is 0 Å². The molecule has 122 valence electrons. The molecule has 1 heterocycles. The third-order valence-corrected chi connectivity index (χ3v) is 3.47. The fourth-order valence-corrected chi connectivity index (χ4v) is 2.58. The molecule has 1 aliphatic rings. The lowest BCUT2D eigenvalue weighted by atomic mass is 10.2. The van der Waals surface area contributed by atoms with Gasteiger partial charge in [-0.2, -0.15) is 12.7 Å². The van der Waals surface area contributed by atoms with E-state index in [1.807, 2.05) is 0 Å². The average Bonchev–Trinajstić information content (AvgIpc) is 2.48. The highest BCUT2D eigenvalue weighted by molar-refractivity contribution is 7.85. The maximum atomic E-state index is 12.0. The van der Waals surface area contributed by atoms with Crippen LogP contribution in [0.25, 0.3) is 0 Å². The molecule has 0 bridgehead atoms. The van der Waals surface area contributed by atoms with Crippen LogP contribution in [0, 0.1) is 0 Å². The Labute approximate surface area is 124 Å². The number of esters is 1. The van der Waals surface area contributed by atoms with E-state index in [2.05, 4.69) is 4.18 Å². The predicted molar refractivity (Wildman–Crippen MR) is 72.6 cm³/mol. The highest BCUT2D eigenvalue weighted by Crippen LogP contribution is 2.24. The highest BCUT2D eigenvalue weighted by Gasteiger charge is 2.49. The molecule has 0 spiro atoms. The van der Waals surface area contributed by atoms with Crippen LogP contribution in [0.1, 0.15) is 41.5 Å². The van der Waals surface area contributed by atoms with Crippen LogP contribution in [-0.2, 0) is 28.8 Å². The van der Waals surface area contributed by atoms with E-state index in [-0.39, 0.29) is 4.31 Å². The van der Waals surface area contributed by atoms with Crippen LogP contribution in [0.2, 0.25) is 0 Å². The van der Waals surface area contributed by atoms with E-state index in [1.165, 1.54) is 0 Å². The Balaban J connectivity index is 3.00. The summed E-state index contributed by atoms with van der Waals surface area (Å²) in [6.45, 7) is 9.15. The summed E-state index contributed by atoms with van der Waals surface area (Å²) in [5, 5.41) is 0. The van der Waals surface area contributed by atoms with Gasteiger partial charge in [0.25, 0.3) is 0 Å². The van der Waals surface area contributed by atoms with Crippen molar-refractivity contribution in [2.75, 3.05) is 6.61 Å². The van der Waals surface area contributed by atoms with E-state index in [1.54, 1.807) is 41.5 Å². The van der Waals surface area contributed by atoms with Gasteiger partial charge in [0, 0.05) is 0 Å². The third-order valence-electron chi connectivity index (χ3n) is 2.15. The first-order valence-corrected chi connectivity index (χ1v) is 7.74. The first kappa shape index (κ1) is 17.7. The van der Waals surface area contributed by atoms with Gasteiger partial charge in [-0.05, 0) is 41.5 Å². The summed E-state index contributed by atoms with van der Waals surface area (Å²) in [6.07, 6.45) is -1.17. The van der Waals surface area contributed by atoms with Crippen molar-refractivity contribution in [1.29, 1.82) is 0 Å². The normalized spacial score (nSPS) is 22.0. The monoisotopic (exact) mass is 323 g/mol. The van der Waals surface area contributed by atoms with Crippen molar-refractivity contribution in [2.45, 2.75) is 58.8 Å². The second-order valence-electron chi connectivity index (χ2n) is 6.57. The molecule has 0 saturated carbocycles. The summed E-state index contributed by atoms with van der Waals surface area (Å²) in [5.74, 6) is -0.866. The summed E-state index contributed by atoms with van der Waals surface area (Å²) in [4.78, 5) is 24.0. The summed E-state index contributed by atoms with van der Waals surface area (Å²) in [5.41, 5.74) is -1.73. The molecule has 21 heavy (non-hydrogen) atoms. The van der Waals surface area contributed by atoms with Crippen molar-refractivity contribution in [2.24, 2.45) is 0 Å². The van der Waals surface area contributed by atoms with Crippen molar-refractivity contribution < 1.29 is 31.7 Å². The smallest absolute Gasteiger partial charge is 0.426 e. The number of amides is 1. The first-order valence-electron chi connectivity index (χ1n) is 6.37. The molecule has 1 saturated heterocycles. The van der Waals surface area contributed by atoms with Crippen molar-refractivity contribution in [3.05, 3.63) is 0 Å². The van der Waals surface area contributed by atoms with Crippen molar-refractivity contribution in [3.8, 4) is 0 Å². The number of carbonyl (C=O) groups excluding carboxylic acids is 2. The number of ether oxygens (including phenoxy) is 2. The highest BCUT2D eigenvalue weighted by atomic mass is 32.2. The van der Waals surface area contributed by atoms with E-state index in [0.717, 1.165) is 0 Å². The summed E-state index contributed by atoms with van der Waals surface area (Å²) >= 11 is 0. The largest absolute Gasteiger partial charge is 0.458 e. The molecule has 1 aliphatic heterocycles. The molecule has 1 rings (SSSR count). The Kier molecular flexibility index (Phi) is 4.59.